The van der Waals surface area contributed by atoms with Gasteiger partial charge in [0.2, 0.25) is 0 Å². The maximum absolute atomic E-state index is 11.1. The predicted octanol–water partition coefficient (Wildman–Crippen LogP) is -2.91. The van der Waals surface area contributed by atoms with E-state index in [9.17, 15) is 13.5 Å². The first kappa shape index (κ1) is 10.9. The summed E-state index contributed by atoms with van der Waals surface area (Å²) in [5, 5.41) is 19.7. The van der Waals surface area contributed by atoms with Crippen LogP contribution in [0.5, 0.6) is 0 Å². The molecule has 0 amide bonds. The second-order valence-electron chi connectivity index (χ2n) is 3.41. The number of nitrogens with two attached hydrogens (primary N) is 1. The number of sulfone groups is 1. The second kappa shape index (κ2) is 4.36. The fourth-order valence-corrected chi connectivity index (χ4v) is 3.35. The minimum absolute atomic E-state index is 0.0552. The third-order valence-electron chi connectivity index (χ3n) is 2.20. The first-order valence-electron chi connectivity index (χ1n) is 4.38. The lowest BCUT2D eigenvalue weighted by molar-refractivity contribution is -0.690. The van der Waals surface area contributed by atoms with Gasteiger partial charge in [-0.25, -0.2) is 8.42 Å². The molecule has 1 fully saturated rings. The van der Waals surface area contributed by atoms with E-state index in [1.165, 1.54) is 0 Å². The summed E-state index contributed by atoms with van der Waals surface area (Å²) < 4.78 is 22.1. The van der Waals surface area contributed by atoms with Gasteiger partial charge in [-0.1, -0.05) is 0 Å². The molecule has 0 bridgehead atoms. The lowest BCUT2D eigenvalue weighted by Crippen LogP contribution is -2.92. The van der Waals surface area contributed by atoms with Crippen LogP contribution >= 0.6 is 0 Å². The monoisotopic (exact) mass is 210 g/mol. The molecule has 1 aliphatic heterocycles. The summed E-state index contributed by atoms with van der Waals surface area (Å²) in [4.78, 5) is 0. The summed E-state index contributed by atoms with van der Waals surface area (Å²) in [5.41, 5.74) is 0. The average Bonchev–Trinajstić information content (AvgIpc) is 2.25. The number of hydrogen-bond acceptors (Lipinski definition) is 4. The van der Waals surface area contributed by atoms with Gasteiger partial charge in [0, 0.05) is 13.0 Å². The van der Waals surface area contributed by atoms with Crippen molar-refractivity contribution in [3.63, 3.8) is 0 Å². The molecule has 2 atom stereocenters. The van der Waals surface area contributed by atoms with Gasteiger partial charge >= 0.3 is 0 Å². The molecule has 0 radical (unpaired) electrons. The van der Waals surface area contributed by atoms with E-state index in [2.05, 4.69) is 0 Å². The zero-order valence-corrected chi connectivity index (χ0v) is 8.20. The average molecular weight is 210 g/mol. The van der Waals surface area contributed by atoms with E-state index in [1.54, 1.807) is 5.32 Å². The van der Waals surface area contributed by atoms with E-state index in [0.717, 1.165) is 0 Å². The Morgan fingerprint density at radius 1 is 1.38 bits per heavy atom. The molecule has 1 heterocycles. The van der Waals surface area contributed by atoms with Crippen LogP contribution in [0.4, 0.5) is 0 Å². The molecule has 0 spiro atoms. The molecule has 2 unspecified atom stereocenters. The Labute approximate surface area is 77.7 Å². The summed E-state index contributed by atoms with van der Waals surface area (Å²) in [6.45, 7) is 0.764. The first-order chi connectivity index (χ1) is 6.05. The van der Waals surface area contributed by atoms with Gasteiger partial charge in [0.1, 0.15) is 17.9 Å². The normalized spacial score (nSPS) is 32.2. The fourth-order valence-electron chi connectivity index (χ4n) is 1.50. The van der Waals surface area contributed by atoms with E-state index < -0.39 is 15.9 Å². The van der Waals surface area contributed by atoms with Crippen molar-refractivity contribution < 1.29 is 23.9 Å². The van der Waals surface area contributed by atoms with Crippen LogP contribution < -0.4 is 5.32 Å². The Bertz CT molecular complexity index is 251. The van der Waals surface area contributed by atoms with Crippen molar-refractivity contribution >= 4 is 9.84 Å². The highest BCUT2D eigenvalue weighted by Gasteiger charge is 2.38. The number of aliphatic hydroxyl groups excluding tert-OH is 2. The standard InChI is InChI=1S/C7H15NO4S/c9-3-1-2-8-6-4-13(11,12)5-7(6)10/h6-10H,1-5H2/p+1. The molecule has 1 rings (SSSR count). The van der Waals surface area contributed by atoms with E-state index in [4.69, 9.17) is 5.11 Å². The largest absolute Gasteiger partial charge is 0.396 e. The van der Waals surface area contributed by atoms with Gasteiger partial charge < -0.3 is 15.5 Å². The van der Waals surface area contributed by atoms with Crippen molar-refractivity contribution in [1.82, 2.24) is 0 Å². The molecule has 0 aromatic carbocycles. The topological polar surface area (TPSA) is 91.2 Å². The van der Waals surface area contributed by atoms with Crippen LogP contribution in [0.1, 0.15) is 6.42 Å². The van der Waals surface area contributed by atoms with Crippen molar-refractivity contribution in [3.05, 3.63) is 0 Å². The second-order valence-corrected chi connectivity index (χ2v) is 5.56. The van der Waals surface area contributed by atoms with Gasteiger partial charge in [0.05, 0.1) is 12.3 Å². The van der Waals surface area contributed by atoms with Gasteiger partial charge in [-0.3, -0.25) is 0 Å². The Balaban J connectivity index is 2.36. The molecule has 1 saturated heterocycles. The van der Waals surface area contributed by atoms with Gasteiger partial charge in [-0.05, 0) is 0 Å². The number of hydrogen-bond donors (Lipinski definition) is 3. The molecule has 78 valence electrons. The third-order valence-corrected chi connectivity index (χ3v) is 3.94. The zero-order chi connectivity index (χ0) is 9.90. The van der Waals surface area contributed by atoms with Crippen molar-refractivity contribution in [2.24, 2.45) is 0 Å². The lowest BCUT2D eigenvalue weighted by atomic mass is 10.2. The van der Waals surface area contributed by atoms with Crippen LogP contribution in [0.25, 0.3) is 0 Å². The zero-order valence-electron chi connectivity index (χ0n) is 7.39. The molecule has 0 aliphatic carbocycles. The number of rotatable bonds is 4. The smallest absolute Gasteiger partial charge is 0.159 e. The summed E-state index contributed by atoms with van der Waals surface area (Å²) in [6, 6.07) is -0.239. The third kappa shape index (κ3) is 3.22. The molecular weight excluding hydrogens is 194 g/mol. The van der Waals surface area contributed by atoms with Crippen LogP contribution in [0, 0.1) is 0 Å². The SMILES string of the molecule is O=S1(=O)CC(O)C([NH2+]CCCO)C1. The summed E-state index contributed by atoms with van der Waals surface area (Å²) in [6.07, 6.45) is -0.118. The van der Waals surface area contributed by atoms with Gasteiger partial charge in [-0.2, -0.15) is 0 Å². The Morgan fingerprint density at radius 2 is 2.08 bits per heavy atom. The summed E-state index contributed by atoms with van der Waals surface area (Å²) in [5.74, 6) is -0.0626. The molecule has 1 aliphatic rings. The minimum Gasteiger partial charge on any atom is -0.396 e. The van der Waals surface area contributed by atoms with Crippen LogP contribution in [0.3, 0.4) is 0 Å². The van der Waals surface area contributed by atoms with Gasteiger partial charge in [-0.15, -0.1) is 0 Å². The molecule has 5 nitrogen and oxygen atoms in total. The van der Waals surface area contributed by atoms with Crippen LogP contribution in [0.2, 0.25) is 0 Å². The van der Waals surface area contributed by atoms with Crippen LogP contribution in [-0.4, -0.2) is 55.4 Å². The van der Waals surface area contributed by atoms with Crippen LogP contribution in [-0.2, 0) is 9.84 Å². The van der Waals surface area contributed by atoms with E-state index in [1.807, 2.05) is 0 Å². The van der Waals surface area contributed by atoms with E-state index in [0.29, 0.717) is 13.0 Å². The predicted molar refractivity (Wildman–Crippen MR) is 46.9 cm³/mol. The van der Waals surface area contributed by atoms with Crippen molar-refractivity contribution in [2.75, 3.05) is 24.7 Å². The quantitative estimate of drug-likeness (QED) is 0.434. The van der Waals surface area contributed by atoms with Crippen molar-refractivity contribution in [1.29, 1.82) is 0 Å². The van der Waals surface area contributed by atoms with E-state index in [-0.39, 0.29) is 24.2 Å². The highest BCUT2D eigenvalue weighted by molar-refractivity contribution is 7.91. The number of quaternary nitrogens is 1. The maximum atomic E-state index is 11.1. The Kier molecular flexibility index (Phi) is 3.66. The Hall–Kier alpha value is -0.170. The molecule has 4 N–H and O–H groups in total. The molecule has 0 aromatic rings. The molecule has 0 saturated carbocycles. The lowest BCUT2D eigenvalue weighted by Gasteiger charge is -2.10. The fraction of sp³-hybridized carbons (Fsp3) is 1.00. The molecule has 0 aromatic heterocycles. The van der Waals surface area contributed by atoms with Crippen LogP contribution in [0.15, 0.2) is 0 Å². The number of aliphatic hydroxyl groups is 2. The highest BCUT2D eigenvalue weighted by Crippen LogP contribution is 2.08. The first-order valence-corrected chi connectivity index (χ1v) is 6.20. The summed E-state index contributed by atoms with van der Waals surface area (Å²) >= 11 is 0. The minimum atomic E-state index is -3.03. The maximum Gasteiger partial charge on any atom is 0.159 e. The van der Waals surface area contributed by atoms with Crippen molar-refractivity contribution in [3.8, 4) is 0 Å². The molecular formula is C7H16NO4S+. The Morgan fingerprint density at radius 3 is 2.54 bits per heavy atom. The van der Waals surface area contributed by atoms with Crippen molar-refractivity contribution in [2.45, 2.75) is 18.6 Å². The highest BCUT2D eigenvalue weighted by atomic mass is 32.2. The van der Waals surface area contributed by atoms with Gasteiger partial charge in [0.25, 0.3) is 0 Å². The molecule has 6 heteroatoms. The summed E-state index contributed by atoms with van der Waals surface area (Å²) in [7, 11) is -3.03. The van der Waals surface area contributed by atoms with E-state index >= 15 is 0 Å². The van der Waals surface area contributed by atoms with Gasteiger partial charge in [0.15, 0.2) is 9.84 Å². The molecule has 13 heavy (non-hydrogen) atoms.